The van der Waals surface area contributed by atoms with Crippen LogP contribution in [0.2, 0.25) is 10.0 Å². The SMILES string of the molecule is O=C(c1ccc(Cl)cc1)N1CCCCC(Sc2nnnn2-c2ccc(Cl)cc2)C1=O. The number of hydrogen-bond acceptors (Lipinski definition) is 6. The zero-order valence-corrected chi connectivity index (χ0v) is 18.1. The van der Waals surface area contributed by atoms with Crippen LogP contribution >= 0.6 is 35.0 Å². The summed E-state index contributed by atoms with van der Waals surface area (Å²) in [4.78, 5) is 27.5. The van der Waals surface area contributed by atoms with E-state index < -0.39 is 5.25 Å². The van der Waals surface area contributed by atoms with Gasteiger partial charge < -0.3 is 0 Å². The van der Waals surface area contributed by atoms with Gasteiger partial charge in [-0.25, -0.2) is 0 Å². The molecule has 7 nitrogen and oxygen atoms in total. The number of carbonyl (C=O) groups is 2. The minimum absolute atomic E-state index is 0.233. The van der Waals surface area contributed by atoms with Crippen LogP contribution in [0.4, 0.5) is 0 Å². The number of tetrazole rings is 1. The van der Waals surface area contributed by atoms with Gasteiger partial charge >= 0.3 is 0 Å². The molecular formula is C20H17Cl2N5O2S. The zero-order chi connectivity index (χ0) is 21.1. The summed E-state index contributed by atoms with van der Waals surface area (Å²) in [5.74, 6) is -0.551. The number of aromatic nitrogens is 4. The van der Waals surface area contributed by atoms with Crippen molar-refractivity contribution in [2.75, 3.05) is 6.54 Å². The molecule has 0 radical (unpaired) electrons. The first-order valence-electron chi connectivity index (χ1n) is 9.35. The zero-order valence-electron chi connectivity index (χ0n) is 15.7. The van der Waals surface area contributed by atoms with E-state index in [1.165, 1.54) is 16.7 Å². The molecule has 10 heteroatoms. The van der Waals surface area contributed by atoms with Crippen LogP contribution in [0.25, 0.3) is 5.69 Å². The predicted molar refractivity (Wildman–Crippen MR) is 115 cm³/mol. The van der Waals surface area contributed by atoms with E-state index in [1.54, 1.807) is 53.2 Å². The second kappa shape index (κ2) is 9.16. The van der Waals surface area contributed by atoms with Gasteiger partial charge in [-0.15, -0.1) is 5.10 Å². The Hall–Kier alpha value is -2.42. The molecule has 0 N–H and O–H groups in total. The van der Waals surface area contributed by atoms with Crippen molar-refractivity contribution in [3.05, 3.63) is 64.1 Å². The lowest BCUT2D eigenvalue weighted by Gasteiger charge is -2.22. The summed E-state index contributed by atoms with van der Waals surface area (Å²) in [5.41, 5.74) is 1.17. The first kappa shape index (κ1) is 20.8. The lowest BCUT2D eigenvalue weighted by atomic mass is 10.2. The van der Waals surface area contributed by atoms with Gasteiger partial charge in [0.15, 0.2) is 0 Å². The van der Waals surface area contributed by atoms with E-state index >= 15 is 0 Å². The molecular weight excluding hydrogens is 445 g/mol. The summed E-state index contributed by atoms with van der Waals surface area (Å²) in [6, 6.07) is 13.6. The lowest BCUT2D eigenvalue weighted by molar-refractivity contribution is -0.127. The molecule has 1 saturated heterocycles. The average Bonchev–Trinajstić information content (AvgIpc) is 3.13. The van der Waals surface area contributed by atoms with E-state index in [2.05, 4.69) is 15.5 Å². The Balaban J connectivity index is 1.55. The van der Waals surface area contributed by atoms with Gasteiger partial charge in [0.1, 0.15) is 0 Å². The van der Waals surface area contributed by atoms with Gasteiger partial charge in [-0.1, -0.05) is 41.4 Å². The van der Waals surface area contributed by atoms with Crippen molar-refractivity contribution in [3.63, 3.8) is 0 Å². The third kappa shape index (κ3) is 4.50. The number of likely N-dealkylation sites (tertiary alicyclic amines) is 1. The Morgan fingerprint density at radius 3 is 2.37 bits per heavy atom. The smallest absolute Gasteiger partial charge is 0.260 e. The summed E-state index contributed by atoms with van der Waals surface area (Å²) in [5, 5.41) is 13.0. The van der Waals surface area contributed by atoms with E-state index in [4.69, 9.17) is 23.2 Å². The number of nitrogens with zero attached hydrogens (tertiary/aromatic N) is 5. The summed E-state index contributed by atoms with van der Waals surface area (Å²) < 4.78 is 1.56. The molecule has 2 heterocycles. The molecule has 0 saturated carbocycles. The van der Waals surface area contributed by atoms with Crippen LogP contribution in [0.1, 0.15) is 29.6 Å². The van der Waals surface area contributed by atoms with Gasteiger partial charge in [0.05, 0.1) is 10.9 Å². The van der Waals surface area contributed by atoms with Gasteiger partial charge in [-0.2, -0.15) is 4.68 Å². The maximum absolute atomic E-state index is 13.2. The van der Waals surface area contributed by atoms with Crippen LogP contribution in [-0.4, -0.2) is 48.7 Å². The minimum atomic E-state index is -0.458. The van der Waals surface area contributed by atoms with Crippen LogP contribution in [0, 0.1) is 0 Å². The Bertz CT molecular complexity index is 1060. The molecule has 0 aliphatic carbocycles. The largest absolute Gasteiger partial charge is 0.278 e. The summed E-state index contributed by atoms with van der Waals surface area (Å²) >= 11 is 13.1. The van der Waals surface area contributed by atoms with E-state index in [1.807, 2.05) is 0 Å². The van der Waals surface area contributed by atoms with Crippen molar-refractivity contribution in [1.29, 1.82) is 0 Å². The molecule has 4 rings (SSSR count). The van der Waals surface area contributed by atoms with Crippen molar-refractivity contribution < 1.29 is 9.59 Å². The topological polar surface area (TPSA) is 81.0 Å². The monoisotopic (exact) mass is 461 g/mol. The number of rotatable bonds is 4. The highest BCUT2D eigenvalue weighted by Gasteiger charge is 2.33. The number of carbonyl (C=O) groups excluding carboxylic acids is 2. The van der Waals surface area contributed by atoms with E-state index in [9.17, 15) is 9.59 Å². The predicted octanol–water partition coefficient (Wildman–Crippen LogP) is 4.28. The third-order valence-electron chi connectivity index (χ3n) is 4.74. The average molecular weight is 462 g/mol. The summed E-state index contributed by atoms with van der Waals surface area (Å²) in [6.45, 7) is 0.388. The molecule has 0 spiro atoms. The van der Waals surface area contributed by atoms with Gasteiger partial charge in [0, 0.05) is 22.2 Å². The van der Waals surface area contributed by atoms with Gasteiger partial charge in [0.25, 0.3) is 5.91 Å². The van der Waals surface area contributed by atoms with Crippen molar-refractivity contribution >= 4 is 46.8 Å². The molecule has 2 amide bonds. The first-order chi connectivity index (χ1) is 14.5. The number of hydrogen-bond donors (Lipinski definition) is 0. The molecule has 1 fully saturated rings. The van der Waals surface area contributed by atoms with Gasteiger partial charge in [-0.3, -0.25) is 14.5 Å². The standard InChI is InChI=1S/C20H17Cl2N5O2S/c21-14-6-4-13(5-7-14)18(28)26-12-2-1-3-17(19(26)29)30-20-23-24-25-27(20)16-10-8-15(22)9-11-16/h4-11,17H,1-3,12H2. The lowest BCUT2D eigenvalue weighted by Crippen LogP contribution is -2.41. The summed E-state index contributed by atoms with van der Waals surface area (Å²) in [7, 11) is 0. The van der Waals surface area contributed by atoms with Crippen LogP contribution in [0.5, 0.6) is 0 Å². The highest BCUT2D eigenvalue weighted by atomic mass is 35.5. The molecule has 1 aliphatic rings. The maximum atomic E-state index is 13.2. The maximum Gasteiger partial charge on any atom is 0.260 e. The van der Waals surface area contributed by atoms with Crippen LogP contribution in [0.3, 0.4) is 0 Å². The van der Waals surface area contributed by atoms with Crippen molar-refractivity contribution in [2.45, 2.75) is 29.7 Å². The van der Waals surface area contributed by atoms with Crippen LogP contribution in [-0.2, 0) is 4.79 Å². The van der Waals surface area contributed by atoms with Crippen LogP contribution < -0.4 is 0 Å². The highest BCUT2D eigenvalue weighted by Crippen LogP contribution is 2.30. The minimum Gasteiger partial charge on any atom is -0.278 e. The number of thioether (sulfide) groups is 1. The molecule has 1 aromatic heterocycles. The molecule has 3 aromatic rings. The number of halogens is 2. The van der Waals surface area contributed by atoms with E-state index in [0.717, 1.165) is 18.5 Å². The molecule has 0 bridgehead atoms. The third-order valence-corrected chi connectivity index (χ3v) is 6.43. The fraction of sp³-hybridized carbons (Fsp3) is 0.250. The Morgan fingerprint density at radius 2 is 1.67 bits per heavy atom. The van der Waals surface area contributed by atoms with Crippen molar-refractivity contribution in [2.24, 2.45) is 0 Å². The highest BCUT2D eigenvalue weighted by molar-refractivity contribution is 8.00. The first-order valence-corrected chi connectivity index (χ1v) is 11.0. The normalized spacial score (nSPS) is 17.1. The van der Waals surface area contributed by atoms with Gasteiger partial charge in [0.2, 0.25) is 11.1 Å². The van der Waals surface area contributed by atoms with Crippen molar-refractivity contribution in [1.82, 2.24) is 25.1 Å². The van der Waals surface area contributed by atoms with E-state index in [-0.39, 0.29) is 11.8 Å². The Kier molecular flexibility index (Phi) is 6.36. The van der Waals surface area contributed by atoms with Gasteiger partial charge in [-0.05, 0) is 71.8 Å². The molecule has 2 aromatic carbocycles. The summed E-state index contributed by atoms with van der Waals surface area (Å²) in [6.07, 6.45) is 2.22. The molecule has 1 unspecified atom stereocenters. The quantitative estimate of drug-likeness (QED) is 0.539. The van der Waals surface area contributed by atoms with Crippen molar-refractivity contribution in [3.8, 4) is 5.69 Å². The fourth-order valence-electron chi connectivity index (χ4n) is 3.19. The van der Waals surface area contributed by atoms with E-state index in [0.29, 0.717) is 33.7 Å². The molecule has 154 valence electrons. The Morgan fingerprint density at radius 1 is 1.00 bits per heavy atom. The fourth-order valence-corrected chi connectivity index (χ4v) is 4.53. The Labute approximate surface area is 187 Å². The number of amides is 2. The molecule has 1 aliphatic heterocycles. The number of benzene rings is 2. The second-order valence-corrected chi connectivity index (χ2v) is 8.80. The molecule has 30 heavy (non-hydrogen) atoms. The molecule has 1 atom stereocenters. The second-order valence-electron chi connectivity index (χ2n) is 6.75. The van der Waals surface area contributed by atoms with Crippen LogP contribution in [0.15, 0.2) is 53.7 Å². The number of imide groups is 1.